The zero-order valence-electron chi connectivity index (χ0n) is 21.7. The predicted octanol–water partition coefficient (Wildman–Crippen LogP) is 1.93. The van der Waals surface area contributed by atoms with Crippen molar-refractivity contribution >= 4 is 41.2 Å². The maximum atomic E-state index is 13.2. The molecule has 0 aromatic heterocycles. The molecule has 1 aromatic rings. The summed E-state index contributed by atoms with van der Waals surface area (Å²) in [6, 6.07) is 5.09. The number of nitrogens with zero attached hydrogens (tertiary/aromatic N) is 2. The number of carbonyl (C=O) groups is 4. The van der Waals surface area contributed by atoms with Gasteiger partial charge in [-0.05, 0) is 61.3 Å². The van der Waals surface area contributed by atoms with Crippen LogP contribution in [0.3, 0.4) is 0 Å². The number of urea groups is 1. The van der Waals surface area contributed by atoms with Gasteiger partial charge in [-0.25, -0.2) is 4.79 Å². The van der Waals surface area contributed by atoms with E-state index in [1.165, 1.54) is 21.2 Å². The molecule has 5 amide bonds. The van der Waals surface area contributed by atoms with Crippen LogP contribution in [-0.2, 0) is 25.7 Å². The van der Waals surface area contributed by atoms with Crippen LogP contribution in [0.1, 0.15) is 44.1 Å². The molecule has 11 nitrogen and oxygen atoms in total. The van der Waals surface area contributed by atoms with Crippen molar-refractivity contribution < 1.29 is 38.0 Å². The molecule has 0 bridgehead atoms. The number of allylic oxidation sites excluding steroid dienone is 1. The summed E-state index contributed by atoms with van der Waals surface area (Å²) in [5, 5.41) is 7.02. The number of carbonyl (C=O) groups excluding carboxylic acids is 4. The molecule has 0 aliphatic carbocycles. The fraction of sp³-hybridized carbons (Fsp3) is 0.519. The van der Waals surface area contributed by atoms with Crippen molar-refractivity contribution in [2.45, 2.75) is 56.4 Å². The molecule has 1 aromatic carbocycles. The summed E-state index contributed by atoms with van der Waals surface area (Å²) < 4.78 is 17.6. The molecule has 39 heavy (non-hydrogen) atoms. The molecule has 1 fully saturated rings. The molecule has 2 atom stereocenters. The van der Waals surface area contributed by atoms with E-state index in [1.54, 1.807) is 11.5 Å². The monoisotopic (exact) mass is 557 g/mol. The number of thioether (sulfide) groups is 1. The number of rotatable bonds is 12. The lowest BCUT2D eigenvalue weighted by atomic mass is 10.1. The lowest BCUT2D eigenvalue weighted by Crippen LogP contribution is -2.56. The Labute approximate surface area is 230 Å². The normalized spacial score (nSPS) is 21.5. The molecule has 5 rings (SSSR count). The highest BCUT2D eigenvalue weighted by Gasteiger charge is 2.49. The number of unbranched alkanes of at least 4 members (excludes halogenated alkanes) is 2. The fourth-order valence-electron chi connectivity index (χ4n) is 4.92. The summed E-state index contributed by atoms with van der Waals surface area (Å²) >= 11 is 1.34. The molecular formula is C27H33N4O7S+. The van der Waals surface area contributed by atoms with Gasteiger partial charge in [-0.3, -0.25) is 9.59 Å². The Bertz CT molecular complexity index is 1190. The quantitative estimate of drug-likeness (QED) is 0.295. The van der Waals surface area contributed by atoms with Crippen LogP contribution in [0.15, 0.2) is 29.7 Å². The first-order chi connectivity index (χ1) is 19.0. The molecule has 2 N–H and O–H groups in total. The summed E-state index contributed by atoms with van der Waals surface area (Å²) in [6.45, 7) is 1.83. The van der Waals surface area contributed by atoms with Gasteiger partial charge in [0.05, 0.1) is 12.6 Å². The fourth-order valence-corrected chi connectivity index (χ4v) is 5.89. The second kappa shape index (κ2) is 12.6. The molecule has 0 saturated carbocycles. The molecule has 0 radical (unpaired) electrons. The van der Waals surface area contributed by atoms with Crippen LogP contribution >= 0.6 is 11.8 Å². The average Bonchev–Trinajstić information content (AvgIpc) is 3.72. The van der Waals surface area contributed by atoms with Crippen molar-refractivity contribution in [3.63, 3.8) is 0 Å². The summed E-state index contributed by atoms with van der Waals surface area (Å²) in [7, 11) is 0. The lowest BCUT2D eigenvalue weighted by Gasteiger charge is -2.24. The smallest absolute Gasteiger partial charge is 0.454 e. The predicted molar refractivity (Wildman–Crippen MR) is 143 cm³/mol. The molecule has 12 heteroatoms. The Hall–Kier alpha value is -3.38. The highest BCUT2D eigenvalue weighted by molar-refractivity contribution is 8.04. The first-order valence-corrected chi connectivity index (χ1v) is 14.3. The van der Waals surface area contributed by atoms with E-state index in [0.29, 0.717) is 62.6 Å². The number of imide groups is 1. The average molecular weight is 558 g/mol. The molecule has 2 unspecified atom stereocenters. The number of nitrogens with one attached hydrogen (secondary N) is 2. The van der Waals surface area contributed by atoms with Crippen molar-refractivity contribution in [3.05, 3.63) is 35.2 Å². The number of ether oxygens (including phenoxy) is 3. The second-order valence-corrected chi connectivity index (χ2v) is 10.8. The van der Waals surface area contributed by atoms with Gasteiger partial charge in [-0.1, -0.05) is 6.07 Å². The zero-order valence-corrected chi connectivity index (χ0v) is 22.5. The van der Waals surface area contributed by atoms with Crippen LogP contribution in [0.25, 0.3) is 0 Å². The Kier molecular flexibility index (Phi) is 8.82. The van der Waals surface area contributed by atoms with E-state index < -0.39 is 11.3 Å². The Morgan fingerprint density at radius 3 is 2.79 bits per heavy atom. The summed E-state index contributed by atoms with van der Waals surface area (Å²) in [4.78, 5) is 52.3. The number of fused-ring (bicyclic) bond motifs is 2. The standard InChI is InChI=1S/C27H32N4O7S/c32-23(28-14-18-7-8-21-22(13-18)38-17-37-21)6-2-1-3-10-30-26(34)25-20(9-12-39-25)31(27(30)35)16-24(33)29-15-19-5-4-11-36-19/h7-9,12-13,19,25H,1-6,10-11,14-17H2,(H-,28,29,32,33)/p+1. The van der Waals surface area contributed by atoms with Gasteiger partial charge in [0, 0.05) is 26.1 Å². The van der Waals surface area contributed by atoms with Crippen molar-refractivity contribution in [2.75, 3.05) is 33.0 Å². The number of benzene rings is 1. The lowest BCUT2D eigenvalue weighted by molar-refractivity contribution is -0.426. The van der Waals surface area contributed by atoms with E-state index in [-0.39, 0.29) is 43.7 Å². The SMILES string of the molecule is O=C(CCCCCN1C(=O)C2SC=CC2=[N+](CC(=O)NCC2CCCO2)C1=O)NCc1ccc2c(c1)OCO2. The molecule has 0 spiro atoms. The van der Waals surface area contributed by atoms with Crippen molar-refractivity contribution in [2.24, 2.45) is 0 Å². The second-order valence-electron chi connectivity index (χ2n) is 9.82. The van der Waals surface area contributed by atoms with Crippen LogP contribution < -0.4 is 20.1 Å². The minimum absolute atomic E-state index is 0.0113. The maximum Gasteiger partial charge on any atom is 0.501 e. The topological polar surface area (TPSA) is 126 Å². The number of hydrogen-bond donors (Lipinski definition) is 2. The Balaban J connectivity index is 1.05. The van der Waals surface area contributed by atoms with Crippen LogP contribution in [0.4, 0.5) is 4.79 Å². The Morgan fingerprint density at radius 2 is 1.95 bits per heavy atom. The van der Waals surface area contributed by atoms with Gasteiger partial charge in [0.25, 0.3) is 5.91 Å². The van der Waals surface area contributed by atoms with Crippen molar-refractivity contribution in [1.29, 1.82) is 0 Å². The van der Waals surface area contributed by atoms with Gasteiger partial charge in [0.1, 0.15) is 5.71 Å². The van der Waals surface area contributed by atoms with Gasteiger partial charge < -0.3 is 24.8 Å². The number of amides is 5. The number of hydrogen-bond acceptors (Lipinski definition) is 8. The van der Waals surface area contributed by atoms with Gasteiger partial charge >= 0.3 is 11.9 Å². The van der Waals surface area contributed by atoms with E-state index in [9.17, 15) is 19.2 Å². The van der Waals surface area contributed by atoms with Gasteiger partial charge in [0.15, 0.2) is 23.3 Å². The van der Waals surface area contributed by atoms with Gasteiger partial charge in [-0.15, -0.1) is 11.8 Å². The van der Waals surface area contributed by atoms with E-state index in [0.717, 1.165) is 18.4 Å². The third-order valence-corrected chi connectivity index (χ3v) is 8.06. The minimum Gasteiger partial charge on any atom is -0.454 e. The van der Waals surface area contributed by atoms with E-state index in [1.807, 2.05) is 18.2 Å². The Morgan fingerprint density at radius 1 is 1.08 bits per heavy atom. The highest BCUT2D eigenvalue weighted by atomic mass is 32.2. The molecular weight excluding hydrogens is 524 g/mol. The van der Waals surface area contributed by atoms with Gasteiger partial charge in [0.2, 0.25) is 12.7 Å². The highest BCUT2D eigenvalue weighted by Crippen LogP contribution is 2.32. The molecule has 208 valence electrons. The first-order valence-electron chi connectivity index (χ1n) is 13.3. The third-order valence-electron chi connectivity index (χ3n) is 7.05. The molecule has 4 aliphatic rings. The van der Waals surface area contributed by atoms with Crippen LogP contribution in [-0.4, -0.2) is 83.3 Å². The first kappa shape index (κ1) is 27.2. The van der Waals surface area contributed by atoms with Crippen LogP contribution in [0.5, 0.6) is 11.5 Å². The molecule has 1 saturated heterocycles. The molecule has 4 heterocycles. The largest absolute Gasteiger partial charge is 0.501 e. The van der Waals surface area contributed by atoms with Gasteiger partial charge in [-0.2, -0.15) is 14.3 Å². The van der Waals surface area contributed by atoms with E-state index >= 15 is 0 Å². The maximum absolute atomic E-state index is 13.2. The van der Waals surface area contributed by atoms with Crippen LogP contribution in [0.2, 0.25) is 0 Å². The van der Waals surface area contributed by atoms with Crippen LogP contribution in [0, 0.1) is 0 Å². The zero-order chi connectivity index (χ0) is 27.2. The van der Waals surface area contributed by atoms with E-state index in [2.05, 4.69) is 10.6 Å². The van der Waals surface area contributed by atoms with E-state index in [4.69, 9.17) is 14.2 Å². The summed E-state index contributed by atoms with van der Waals surface area (Å²) in [5.41, 5.74) is 1.48. The van der Waals surface area contributed by atoms with Crippen molar-refractivity contribution in [1.82, 2.24) is 15.5 Å². The molecule has 4 aliphatic heterocycles. The van der Waals surface area contributed by atoms with Crippen molar-refractivity contribution in [3.8, 4) is 11.5 Å². The minimum atomic E-state index is -0.518. The summed E-state index contributed by atoms with van der Waals surface area (Å²) in [5.74, 6) is 0.774. The summed E-state index contributed by atoms with van der Waals surface area (Å²) in [6.07, 6.45) is 5.88. The third kappa shape index (κ3) is 6.62.